The molecule has 1 saturated carbocycles. The van der Waals surface area contributed by atoms with Crippen molar-refractivity contribution in [1.29, 1.82) is 0 Å². The Balaban J connectivity index is 1.26. The molecule has 4 aliphatic rings. The van der Waals surface area contributed by atoms with Gasteiger partial charge in [-0.3, -0.25) is 4.90 Å². The number of allylic oxidation sites excluding steroid dienone is 1. The van der Waals surface area contributed by atoms with Gasteiger partial charge in [-0.15, -0.1) is 0 Å². The Labute approximate surface area is 177 Å². The minimum atomic E-state index is -0.445. The fraction of sp³-hybridized carbons (Fsp3) is 0.462. The molecule has 3 nitrogen and oxygen atoms in total. The monoisotopic (exact) mass is 405 g/mol. The number of likely N-dealkylation sites (tertiary alicyclic amines) is 1. The van der Waals surface area contributed by atoms with Crippen molar-refractivity contribution in [3.63, 3.8) is 0 Å². The molecule has 0 unspecified atom stereocenters. The standard InChI is InChI=1S/C26H28FNO2/c27-24-17-19(25-29-12-3-13-30-25)5-7-23(24)21-14-18-4-6-22(16-20(18)15-21)26(8-9-26)28-10-1-2-11-28/h4-7,15-17,25H,1-3,8-14H2. The Kier molecular flexibility index (Phi) is 4.56. The van der Waals surface area contributed by atoms with Crippen molar-refractivity contribution < 1.29 is 13.9 Å². The molecule has 4 heteroatoms. The summed E-state index contributed by atoms with van der Waals surface area (Å²) in [5, 5.41) is 0. The van der Waals surface area contributed by atoms with E-state index >= 15 is 4.39 Å². The lowest BCUT2D eigenvalue weighted by molar-refractivity contribution is -0.183. The van der Waals surface area contributed by atoms with Gasteiger partial charge in [0.05, 0.1) is 13.2 Å². The van der Waals surface area contributed by atoms with Crippen LogP contribution in [0.15, 0.2) is 36.4 Å². The van der Waals surface area contributed by atoms with Crippen molar-refractivity contribution in [3.8, 4) is 0 Å². The summed E-state index contributed by atoms with van der Waals surface area (Å²) < 4.78 is 26.2. The van der Waals surface area contributed by atoms with Gasteiger partial charge in [0.1, 0.15) is 5.82 Å². The van der Waals surface area contributed by atoms with Crippen LogP contribution in [-0.2, 0) is 21.4 Å². The Hall–Kier alpha value is -2.01. The highest BCUT2D eigenvalue weighted by Crippen LogP contribution is 2.53. The van der Waals surface area contributed by atoms with E-state index in [2.05, 4.69) is 29.2 Å². The van der Waals surface area contributed by atoms with Crippen LogP contribution in [0.5, 0.6) is 0 Å². The molecule has 156 valence electrons. The maximum Gasteiger partial charge on any atom is 0.183 e. The first kappa shape index (κ1) is 18.7. The SMILES string of the molecule is Fc1cc(C2OCCCO2)ccc1C1=Cc2cc(C3(N4CCCC4)CC3)ccc2C1. The maximum atomic E-state index is 15.0. The van der Waals surface area contributed by atoms with Gasteiger partial charge in [0.15, 0.2) is 6.29 Å². The molecule has 6 rings (SSSR count). The van der Waals surface area contributed by atoms with Crippen LogP contribution in [0.1, 0.15) is 66.2 Å². The zero-order chi connectivity index (χ0) is 20.1. The van der Waals surface area contributed by atoms with Gasteiger partial charge in [-0.25, -0.2) is 4.39 Å². The molecule has 0 atom stereocenters. The third-order valence-corrected chi connectivity index (χ3v) is 7.27. The summed E-state index contributed by atoms with van der Waals surface area (Å²) in [5.74, 6) is -0.194. The molecule has 30 heavy (non-hydrogen) atoms. The van der Waals surface area contributed by atoms with E-state index in [0.29, 0.717) is 18.8 Å². The minimum Gasteiger partial charge on any atom is -0.348 e. The predicted octanol–water partition coefficient (Wildman–Crippen LogP) is 5.44. The van der Waals surface area contributed by atoms with Crippen molar-refractivity contribution in [1.82, 2.24) is 4.90 Å². The van der Waals surface area contributed by atoms with Crippen molar-refractivity contribution in [2.45, 2.75) is 50.4 Å². The van der Waals surface area contributed by atoms with Gasteiger partial charge in [-0.2, -0.15) is 0 Å². The normalized spacial score (nSPS) is 23.4. The van der Waals surface area contributed by atoms with Gasteiger partial charge in [0, 0.05) is 16.7 Å². The van der Waals surface area contributed by atoms with E-state index in [-0.39, 0.29) is 11.4 Å². The zero-order valence-electron chi connectivity index (χ0n) is 17.3. The molecule has 2 aromatic rings. The predicted molar refractivity (Wildman–Crippen MR) is 115 cm³/mol. The molecule has 0 radical (unpaired) electrons. The molecular formula is C26H28FNO2. The van der Waals surface area contributed by atoms with E-state index in [4.69, 9.17) is 9.47 Å². The van der Waals surface area contributed by atoms with Crippen LogP contribution in [0.2, 0.25) is 0 Å². The first-order chi connectivity index (χ1) is 14.7. The van der Waals surface area contributed by atoms with E-state index in [1.807, 2.05) is 12.1 Å². The molecule has 2 aliphatic carbocycles. The topological polar surface area (TPSA) is 21.7 Å². The van der Waals surface area contributed by atoms with Crippen LogP contribution in [0, 0.1) is 5.82 Å². The molecule has 0 aromatic heterocycles. The quantitative estimate of drug-likeness (QED) is 0.676. The van der Waals surface area contributed by atoms with Crippen molar-refractivity contribution in [2.24, 2.45) is 0 Å². The minimum absolute atomic E-state index is 0.194. The van der Waals surface area contributed by atoms with Gasteiger partial charge in [0.2, 0.25) is 0 Å². The zero-order valence-corrected chi connectivity index (χ0v) is 17.3. The van der Waals surface area contributed by atoms with Gasteiger partial charge in [0.25, 0.3) is 0 Å². The number of nitrogens with zero attached hydrogens (tertiary/aromatic N) is 1. The number of ether oxygens (including phenoxy) is 2. The van der Waals surface area contributed by atoms with Gasteiger partial charge in [-0.1, -0.05) is 30.3 Å². The van der Waals surface area contributed by atoms with E-state index < -0.39 is 6.29 Å². The fourth-order valence-corrected chi connectivity index (χ4v) is 5.47. The average Bonchev–Trinajstić information content (AvgIpc) is 3.21. The number of halogens is 1. The smallest absolute Gasteiger partial charge is 0.183 e. The summed E-state index contributed by atoms with van der Waals surface area (Å²) in [7, 11) is 0. The average molecular weight is 406 g/mol. The second kappa shape index (κ2) is 7.30. The Morgan fingerprint density at radius 3 is 2.47 bits per heavy atom. The molecule has 2 aromatic carbocycles. The number of benzene rings is 2. The largest absolute Gasteiger partial charge is 0.348 e. The highest BCUT2D eigenvalue weighted by molar-refractivity contribution is 5.89. The van der Waals surface area contributed by atoms with Crippen LogP contribution in [0.4, 0.5) is 4.39 Å². The van der Waals surface area contributed by atoms with Crippen LogP contribution in [0.25, 0.3) is 11.6 Å². The highest BCUT2D eigenvalue weighted by atomic mass is 19.1. The Morgan fingerprint density at radius 1 is 0.933 bits per heavy atom. The number of hydrogen-bond acceptors (Lipinski definition) is 3. The third-order valence-electron chi connectivity index (χ3n) is 7.27. The molecule has 3 fully saturated rings. The fourth-order valence-electron chi connectivity index (χ4n) is 5.47. The lowest BCUT2D eigenvalue weighted by Crippen LogP contribution is -2.32. The lowest BCUT2D eigenvalue weighted by atomic mass is 9.98. The number of fused-ring (bicyclic) bond motifs is 1. The molecule has 0 bridgehead atoms. The van der Waals surface area contributed by atoms with E-state index in [1.165, 1.54) is 55.5 Å². The van der Waals surface area contributed by atoms with Crippen LogP contribution in [0.3, 0.4) is 0 Å². The summed E-state index contributed by atoms with van der Waals surface area (Å²) in [4.78, 5) is 2.68. The molecule has 0 amide bonds. The van der Waals surface area contributed by atoms with Gasteiger partial charge in [-0.05, 0) is 86.0 Å². The second-order valence-corrected chi connectivity index (χ2v) is 9.15. The summed E-state index contributed by atoms with van der Waals surface area (Å²) in [6, 6.07) is 12.3. The summed E-state index contributed by atoms with van der Waals surface area (Å²) in [6.07, 6.45) is 8.60. The molecule has 2 aliphatic heterocycles. The van der Waals surface area contributed by atoms with Gasteiger partial charge >= 0.3 is 0 Å². The first-order valence-corrected chi connectivity index (χ1v) is 11.4. The van der Waals surface area contributed by atoms with E-state index in [0.717, 1.165) is 24.0 Å². The molecule has 0 spiro atoms. The summed E-state index contributed by atoms with van der Waals surface area (Å²) in [5.41, 5.74) is 6.79. The van der Waals surface area contributed by atoms with Crippen LogP contribution < -0.4 is 0 Å². The first-order valence-electron chi connectivity index (χ1n) is 11.4. The van der Waals surface area contributed by atoms with Crippen molar-refractivity contribution in [2.75, 3.05) is 26.3 Å². The summed E-state index contributed by atoms with van der Waals surface area (Å²) in [6.45, 7) is 3.78. The summed E-state index contributed by atoms with van der Waals surface area (Å²) >= 11 is 0. The second-order valence-electron chi connectivity index (χ2n) is 9.15. The molecule has 2 heterocycles. The maximum absolute atomic E-state index is 15.0. The molecular weight excluding hydrogens is 377 g/mol. The lowest BCUT2D eigenvalue weighted by Gasteiger charge is -2.28. The highest BCUT2D eigenvalue weighted by Gasteiger charge is 2.50. The molecule has 0 N–H and O–H groups in total. The van der Waals surface area contributed by atoms with E-state index in [1.54, 1.807) is 6.07 Å². The number of hydrogen-bond donors (Lipinski definition) is 0. The van der Waals surface area contributed by atoms with E-state index in [9.17, 15) is 0 Å². The molecule has 2 saturated heterocycles. The van der Waals surface area contributed by atoms with Crippen molar-refractivity contribution >= 4 is 11.6 Å². The van der Waals surface area contributed by atoms with Crippen LogP contribution in [-0.4, -0.2) is 31.2 Å². The number of rotatable bonds is 4. The Morgan fingerprint density at radius 2 is 1.73 bits per heavy atom. The van der Waals surface area contributed by atoms with Crippen LogP contribution >= 0.6 is 0 Å². The van der Waals surface area contributed by atoms with Gasteiger partial charge < -0.3 is 9.47 Å². The van der Waals surface area contributed by atoms with Crippen molar-refractivity contribution in [3.05, 3.63) is 70.0 Å². The Bertz CT molecular complexity index is 998. The third kappa shape index (κ3) is 3.13.